The number of likely N-dealkylation sites (tertiary alicyclic amines) is 1. The number of aromatic hydroxyl groups is 1. The minimum atomic E-state index is 0.0795. The summed E-state index contributed by atoms with van der Waals surface area (Å²) in [7, 11) is 2.20. The number of piperidine rings is 1. The Morgan fingerprint density at radius 3 is 3.22 bits per heavy atom. The van der Waals surface area contributed by atoms with Gasteiger partial charge >= 0.3 is 0 Å². The summed E-state index contributed by atoms with van der Waals surface area (Å²) in [6.07, 6.45) is 5.05. The Morgan fingerprint density at radius 1 is 1.44 bits per heavy atom. The van der Waals surface area contributed by atoms with E-state index in [4.69, 9.17) is 4.74 Å². The maximum absolute atomic E-state index is 10.2. The molecule has 2 bridgehead atoms. The first-order valence-corrected chi connectivity index (χ1v) is 6.90. The topological polar surface area (TPSA) is 32.7 Å². The van der Waals surface area contributed by atoms with Gasteiger partial charge in [0.25, 0.3) is 0 Å². The minimum Gasteiger partial charge on any atom is -0.508 e. The zero-order valence-corrected chi connectivity index (χ0v) is 10.7. The number of phenolic OH excluding ortho intramolecular Hbond substituents is 1. The van der Waals surface area contributed by atoms with Gasteiger partial charge in [0.15, 0.2) is 0 Å². The Kier molecular flexibility index (Phi) is 2.03. The van der Waals surface area contributed by atoms with E-state index in [2.05, 4.69) is 11.9 Å². The zero-order valence-electron chi connectivity index (χ0n) is 10.7. The molecule has 96 valence electrons. The second-order valence-electron chi connectivity index (χ2n) is 6.10. The number of nitrogens with zero attached hydrogens (tertiary/aromatic N) is 1. The van der Waals surface area contributed by atoms with E-state index in [9.17, 15) is 5.11 Å². The SMILES string of the molecule is CN1C[C@@H]2Oc3cccc(O)c3[C@@]23CCC[C@@H]1C3. The predicted octanol–water partition coefficient (Wildman–Crippen LogP) is 2.28. The number of hydrogen-bond acceptors (Lipinski definition) is 3. The third-order valence-electron chi connectivity index (χ3n) is 5.22. The number of ether oxygens (including phenoxy) is 1. The highest BCUT2D eigenvalue weighted by Crippen LogP contribution is 2.56. The maximum atomic E-state index is 10.2. The molecular weight excluding hydrogens is 226 g/mol. The fourth-order valence-electron chi connectivity index (χ4n) is 4.34. The van der Waals surface area contributed by atoms with Crippen LogP contribution in [0.4, 0.5) is 0 Å². The molecule has 3 heteroatoms. The molecular formula is C15H19NO2. The summed E-state index contributed by atoms with van der Waals surface area (Å²) in [5.41, 5.74) is 1.17. The lowest BCUT2D eigenvalue weighted by molar-refractivity contribution is -0.00910. The van der Waals surface area contributed by atoms with E-state index < -0.39 is 0 Å². The summed E-state index contributed by atoms with van der Waals surface area (Å²) in [5, 5.41) is 10.2. The minimum absolute atomic E-state index is 0.0795. The average molecular weight is 245 g/mol. The molecule has 1 saturated carbocycles. The summed E-state index contributed by atoms with van der Waals surface area (Å²) in [5.74, 6) is 1.34. The maximum Gasteiger partial charge on any atom is 0.127 e. The van der Waals surface area contributed by atoms with E-state index in [-0.39, 0.29) is 11.5 Å². The fourth-order valence-corrected chi connectivity index (χ4v) is 4.34. The summed E-state index contributed by atoms with van der Waals surface area (Å²) in [4.78, 5) is 2.44. The highest BCUT2D eigenvalue weighted by molar-refractivity contribution is 5.54. The third kappa shape index (κ3) is 1.18. The Bertz CT molecular complexity index is 501. The van der Waals surface area contributed by atoms with Gasteiger partial charge in [-0.05, 0) is 38.4 Å². The molecule has 0 aromatic heterocycles. The number of benzene rings is 1. The van der Waals surface area contributed by atoms with Crippen molar-refractivity contribution in [2.75, 3.05) is 13.6 Å². The monoisotopic (exact) mass is 245 g/mol. The Morgan fingerprint density at radius 2 is 2.33 bits per heavy atom. The molecule has 3 aliphatic rings. The van der Waals surface area contributed by atoms with E-state index in [0.29, 0.717) is 11.8 Å². The molecule has 1 spiro atoms. The van der Waals surface area contributed by atoms with E-state index in [0.717, 1.165) is 30.7 Å². The molecule has 0 unspecified atom stereocenters. The van der Waals surface area contributed by atoms with E-state index in [1.807, 2.05) is 12.1 Å². The number of phenols is 1. The van der Waals surface area contributed by atoms with Gasteiger partial charge in [-0.15, -0.1) is 0 Å². The molecule has 2 aliphatic heterocycles. The Hall–Kier alpha value is -1.22. The normalized spacial score (nSPS) is 37.8. The van der Waals surface area contributed by atoms with E-state index >= 15 is 0 Å². The summed E-state index contributed by atoms with van der Waals surface area (Å²) in [6.45, 7) is 0.985. The van der Waals surface area contributed by atoms with Gasteiger partial charge in [-0.3, -0.25) is 4.90 Å². The van der Waals surface area contributed by atoms with Crippen molar-refractivity contribution in [2.45, 2.75) is 43.2 Å². The first-order valence-electron chi connectivity index (χ1n) is 6.90. The molecule has 3 atom stereocenters. The van der Waals surface area contributed by atoms with Crippen LogP contribution in [0.2, 0.25) is 0 Å². The predicted molar refractivity (Wildman–Crippen MR) is 69.1 cm³/mol. The largest absolute Gasteiger partial charge is 0.508 e. The van der Waals surface area contributed by atoms with Crippen LogP contribution >= 0.6 is 0 Å². The van der Waals surface area contributed by atoms with Crippen molar-refractivity contribution in [2.24, 2.45) is 0 Å². The van der Waals surface area contributed by atoms with Crippen LogP contribution in [0.25, 0.3) is 0 Å². The molecule has 0 amide bonds. The highest BCUT2D eigenvalue weighted by Gasteiger charge is 2.56. The molecule has 4 rings (SSSR count). The van der Waals surface area contributed by atoms with Gasteiger partial charge in [-0.2, -0.15) is 0 Å². The van der Waals surface area contributed by atoms with E-state index in [1.165, 1.54) is 12.8 Å². The molecule has 1 saturated heterocycles. The number of hydrogen-bond donors (Lipinski definition) is 1. The van der Waals surface area contributed by atoms with Crippen molar-refractivity contribution >= 4 is 0 Å². The van der Waals surface area contributed by atoms with Gasteiger partial charge in [0.05, 0.1) is 0 Å². The first-order chi connectivity index (χ1) is 8.71. The van der Waals surface area contributed by atoms with Crippen molar-refractivity contribution < 1.29 is 9.84 Å². The van der Waals surface area contributed by atoms with Crippen molar-refractivity contribution in [3.63, 3.8) is 0 Å². The molecule has 1 N–H and O–H groups in total. The number of rotatable bonds is 0. The molecule has 1 aromatic rings. The Balaban J connectivity index is 1.88. The molecule has 0 radical (unpaired) electrons. The van der Waals surface area contributed by atoms with Gasteiger partial charge in [0.1, 0.15) is 17.6 Å². The van der Waals surface area contributed by atoms with Gasteiger partial charge in [-0.25, -0.2) is 0 Å². The zero-order chi connectivity index (χ0) is 12.3. The van der Waals surface area contributed by atoms with Crippen LogP contribution in [-0.4, -0.2) is 35.7 Å². The summed E-state index contributed by atoms with van der Waals surface area (Å²) < 4.78 is 6.14. The van der Waals surface area contributed by atoms with Gasteiger partial charge in [0, 0.05) is 23.6 Å². The molecule has 2 heterocycles. The van der Waals surface area contributed by atoms with Gasteiger partial charge in [-0.1, -0.05) is 12.5 Å². The second-order valence-corrected chi connectivity index (χ2v) is 6.10. The number of likely N-dealkylation sites (N-methyl/N-ethyl adjacent to an activating group) is 1. The van der Waals surface area contributed by atoms with E-state index in [1.54, 1.807) is 6.07 Å². The number of fused-ring (bicyclic) bond motifs is 2. The fraction of sp³-hybridized carbons (Fsp3) is 0.600. The lowest BCUT2D eigenvalue weighted by Crippen LogP contribution is -2.58. The molecule has 3 nitrogen and oxygen atoms in total. The van der Waals surface area contributed by atoms with Crippen LogP contribution in [0.15, 0.2) is 18.2 Å². The lowest BCUT2D eigenvalue weighted by Gasteiger charge is -2.50. The van der Waals surface area contributed by atoms with Gasteiger partial charge < -0.3 is 9.84 Å². The lowest BCUT2D eigenvalue weighted by atomic mass is 9.63. The van der Waals surface area contributed by atoms with Crippen molar-refractivity contribution in [3.8, 4) is 11.5 Å². The van der Waals surface area contributed by atoms with Crippen molar-refractivity contribution in [1.82, 2.24) is 4.90 Å². The first kappa shape index (κ1) is 10.7. The van der Waals surface area contributed by atoms with Crippen LogP contribution in [0, 0.1) is 0 Å². The standard InChI is InChI=1S/C15H19NO2/c1-16-9-13-15(7-3-4-10(16)8-15)14-11(17)5-2-6-12(14)18-13/h2,5-6,10,13,17H,3-4,7-9H2,1H3/t10-,13+,15-/m1/s1. The molecule has 2 fully saturated rings. The van der Waals surface area contributed by atoms with Crippen LogP contribution in [-0.2, 0) is 5.41 Å². The van der Waals surface area contributed by atoms with Crippen LogP contribution in [0.1, 0.15) is 31.2 Å². The quantitative estimate of drug-likeness (QED) is 0.761. The average Bonchev–Trinajstić information content (AvgIpc) is 2.65. The van der Waals surface area contributed by atoms with Crippen molar-refractivity contribution in [3.05, 3.63) is 23.8 Å². The van der Waals surface area contributed by atoms with Crippen molar-refractivity contribution in [1.29, 1.82) is 0 Å². The molecule has 1 aliphatic carbocycles. The molecule has 1 aromatic carbocycles. The summed E-state index contributed by atoms with van der Waals surface area (Å²) in [6, 6.07) is 6.35. The third-order valence-corrected chi connectivity index (χ3v) is 5.22. The van der Waals surface area contributed by atoms with Crippen LogP contribution in [0.5, 0.6) is 11.5 Å². The van der Waals surface area contributed by atoms with Gasteiger partial charge in [0.2, 0.25) is 0 Å². The smallest absolute Gasteiger partial charge is 0.127 e. The second kappa shape index (κ2) is 3.41. The highest BCUT2D eigenvalue weighted by atomic mass is 16.5. The van der Waals surface area contributed by atoms with Crippen LogP contribution in [0.3, 0.4) is 0 Å². The molecule has 18 heavy (non-hydrogen) atoms. The Labute approximate surface area is 107 Å². The summed E-state index contributed by atoms with van der Waals surface area (Å²) >= 11 is 0. The van der Waals surface area contributed by atoms with Crippen LogP contribution < -0.4 is 4.74 Å².